The molecule has 0 saturated heterocycles. The maximum absolute atomic E-state index is 13.4. The number of carbonyl (C=O) groups is 1. The molecule has 3 aromatic carbocycles. The summed E-state index contributed by atoms with van der Waals surface area (Å²) in [6, 6.07) is 17.9. The van der Waals surface area contributed by atoms with Crippen LogP contribution in [-0.4, -0.2) is 34.1 Å². The highest BCUT2D eigenvalue weighted by molar-refractivity contribution is 7.92. The van der Waals surface area contributed by atoms with Crippen LogP contribution in [0.4, 0.5) is 15.8 Å². The standard InChI is InChI=1S/C22H19FN2O5S/c1-29-17-10-12-18(13-11-17)31(27,28)25-14-21(30-20-5-3-2-4-19(20)25)22(26)24-16-8-6-15(23)7-9-16/h2-13,21H,14H2,1H3,(H,24,26)/t21-/m0/s1. The molecule has 1 atom stereocenters. The van der Waals surface area contributed by atoms with Crippen LogP contribution in [-0.2, 0) is 14.8 Å². The predicted octanol–water partition coefficient (Wildman–Crippen LogP) is 3.43. The van der Waals surface area contributed by atoms with Gasteiger partial charge in [0.2, 0.25) is 0 Å². The van der Waals surface area contributed by atoms with Gasteiger partial charge in [-0.25, -0.2) is 12.8 Å². The maximum Gasteiger partial charge on any atom is 0.267 e. The highest BCUT2D eigenvalue weighted by Crippen LogP contribution is 2.37. The van der Waals surface area contributed by atoms with E-state index in [4.69, 9.17) is 9.47 Å². The number of para-hydroxylation sites is 2. The third-order valence-corrected chi connectivity index (χ3v) is 6.58. The van der Waals surface area contributed by atoms with Gasteiger partial charge in [-0.1, -0.05) is 12.1 Å². The quantitative estimate of drug-likeness (QED) is 0.655. The van der Waals surface area contributed by atoms with Crippen molar-refractivity contribution in [2.45, 2.75) is 11.0 Å². The van der Waals surface area contributed by atoms with Crippen LogP contribution in [0, 0.1) is 5.82 Å². The average molecular weight is 442 g/mol. The number of halogens is 1. The van der Waals surface area contributed by atoms with Gasteiger partial charge in [0.1, 0.15) is 17.3 Å². The predicted molar refractivity (Wildman–Crippen MR) is 113 cm³/mol. The van der Waals surface area contributed by atoms with Crippen LogP contribution in [0.15, 0.2) is 77.7 Å². The fourth-order valence-corrected chi connectivity index (χ4v) is 4.67. The normalized spacial score (nSPS) is 15.5. The molecule has 0 bridgehead atoms. The van der Waals surface area contributed by atoms with E-state index in [0.717, 1.165) is 4.31 Å². The van der Waals surface area contributed by atoms with Crippen molar-refractivity contribution in [3.05, 3.63) is 78.6 Å². The second kappa shape index (κ2) is 8.27. The zero-order valence-electron chi connectivity index (χ0n) is 16.5. The summed E-state index contributed by atoms with van der Waals surface area (Å²) in [5.41, 5.74) is 0.711. The number of methoxy groups -OCH3 is 1. The molecule has 1 aliphatic rings. The minimum absolute atomic E-state index is 0.0581. The number of hydrogen-bond donors (Lipinski definition) is 1. The number of carbonyl (C=O) groups excluding carboxylic acids is 1. The van der Waals surface area contributed by atoms with E-state index < -0.39 is 27.9 Å². The van der Waals surface area contributed by atoms with Gasteiger partial charge in [-0.05, 0) is 60.7 Å². The van der Waals surface area contributed by atoms with Crippen molar-refractivity contribution in [3.63, 3.8) is 0 Å². The van der Waals surface area contributed by atoms with Crippen molar-refractivity contribution >= 4 is 27.3 Å². The Labute approximate surface area is 179 Å². The molecule has 1 heterocycles. The van der Waals surface area contributed by atoms with E-state index in [1.54, 1.807) is 36.4 Å². The summed E-state index contributed by atoms with van der Waals surface area (Å²) in [6.07, 6.45) is -1.10. The molecule has 0 radical (unpaired) electrons. The highest BCUT2D eigenvalue weighted by atomic mass is 32.2. The second-order valence-electron chi connectivity index (χ2n) is 6.78. The van der Waals surface area contributed by atoms with E-state index in [0.29, 0.717) is 17.1 Å². The summed E-state index contributed by atoms with van der Waals surface area (Å²) >= 11 is 0. The lowest BCUT2D eigenvalue weighted by Crippen LogP contribution is -2.48. The molecule has 9 heteroatoms. The molecule has 4 rings (SSSR count). The van der Waals surface area contributed by atoms with E-state index in [2.05, 4.69) is 5.32 Å². The number of rotatable bonds is 5. The van der Waals surface area contributed by atoms with Gasteiger partial charge in [-0.2, -0.15) is 0 Å². The first-order valence-corrected chi connectivity index (χ1v) is 10.8. The van der Waals surface area contributed by atoms with Gasteiger partial charge in [0, 0.05) is 5.69 Å². The van der Waals surface area contributed by atoms with E-state index in [1.807, 2.05) is 0 Å². The first-order chi connectivity index (χ1) is 14.9. The first kappa shape index (κ1) is 20.7. The van der Waals surface area contributed by atoms with Crippen LogP contribution in [0.1, 0.15) is 0 Å². The topological polar surface area (TPSA) is 84.9 Å². The van der Waals surface area contributed by atoms with Crippen LogP contribution in [0.5, 0.6) is 11.5 Å². The van der Waals surface area contributed by atoms with Crippen LogP contribution < -0.4 is 19.1 Å². The number of benzene rings is 3. The van der Waals surface area contributed by atoms with Crippen molar-refractivity contribution in [2.24, 2.45) is 0 Å². The van der Waals surface area contributed by atoms with Crippen molar-refractivity contribution in [1.82, 2.24) is 0 Å². The SMILES string of the molecule is COc1ccc(S(=O)(=O)N2C[C@@H](C(=O)Nc3ccc(F)cc3)Oc3ccccc32)cc1. The van der Waals surface area contributed by atoms with Gasteiger partial charge in [-0.15, -0.1) is 0 Å². The van der Waals surface area contributed by atoms with Crippen molar-refractivity contribution in [3.8, 4) is 11.5 Å². The minimum atomic E-state index is -3.98. The lowest BCUT2D eigenvalue weighted by atomic mass is 10.2. The van der Waals surface area contributed by atoms with Gasteiger partial charge in [0.05, 0.1) is 24.2 Å². The summed E-state index contributed by atoms with van der Waals surface area (Å²) < 4.78 is 51.9. The summed E-state index contributed by atoms with van der Waals surface area (Å²) in [5.74, 6) is -0.184. The van der Waals surface area contributed by atoms with E-state index in [-0.39, 0.29) is 17.2 Å². The molecule has 0 aliphatic carbocycles. The molecular weight excluding hydrogens is 423 g/mol. The lowest BCUT2D eigenvalue weighted by molar-refractivity contribution is -0.122. The summed E-state index contributed by atoms with van der Waals surface area (Å²) in [5, 5.41) is 2.63. The number of nitrogens with zero attached hydrogens (tertiary/aromatic N) is 1. The third kappa shape index (κ3) is 4.17. The van der Waals surface area contributed by atoms with Gasteiger partial charge < -0.3 is 14.8 Å². The number of hydrogen-bond acceptors (Lipinski definition) is 5. The molecule has 0 unspecified atom stereocenters. The molecule has 1 N–H and O–H groups in total. The summed E-state index contributed by atoms with van der Waals surface area (Å²) in [7, 11) is -2.49. The van der Waals surface area contributed by atoms with Crippen molar-refractivity contribution < 1.29 is 27.1 Å². The van der Waals surface area contributed by atoms with Crippen molar-refractivity contribution in [2.75, 3.05) is 23.3 Å². The Hall–Kier alpha value is -3.59. The highest BCUT2D eigenvalue weighted by Gasteiger charge is 2.37. The molecule has 0 spiro atoms. The summed E-state index contributed by atoms with van der Waals surface area (Å²) in [4.78, 5) is 12.8. The van der Waals surface area contributed by atoms with Crippen LogP contribution in [0.2, 0.25) is 0 Å². The smallest absolute Gasteiger partial charge is 0.267 e. The van der Waals surface area contributed by atoms with E-state index >= 15 is 0 Å². The fraction of sp³-hybridized carbons (Fsp3) is 0.136. The molecule has 160 valence electrons. The van der Waals surface area contributed by atoms with Gasteiger partial charge >= 0.3 is 0 Å². The zero-order chi connectivity index (χ0) is 22.0. The minimum Gasteiger partial charge on any atom is -0.497 e. The molecule has 0 fully saturated rings. The number of sulfonamides is 1. The van der Waals surface area contributed by atoms with E-state index in [9.17, 15) is 17.6 Å². The Bertz CT molecular complexity index is 1200. The van der Waals surface area contributed by atoms with Gasteiger partial charge in [0.15, 0.2) is 6.10 Å². The van der Waals surface area contributed by atoms with Crippen molar-refractivity contribution in [1.29, 1.82) is 0 Å². The molecule has 0 saturated carbocycles. The Morgan fingerprint density at radius 1 is 1.06 bits per heavy atom. The third-order valence-electron chi connectivity index (χ3n) is 4.79. The zero-order valence-corrected chi connectivity index (χ0v) is 17.3. The molecule has 31 heavy (non-hydrogen) atoms. The first-order valence-electron chi connectivity index (χ1n) is 9.37. The van der Waals surface area contributed by atoms with Crippen LogP contribution >= 0.6 is 0 Å². The number of anilines is 2. The fourth-order valence-electron chi connectivity index (χ4n) is 3.20. The second-order valence-corrected chi connectivity index (χ2v) is 8.64. The van der Waals surface area contributed by atoms with Gasteiger partial charge in [0.25, 0.3) is 15.9 Å². The maximum atomic E-state index is 13.4. The molecule has 0 aromatic heterocycles. The Morgan fingerprint density at radius 2 is 1.74 bits per heavy atom. The summed E-state index contributed by atoms with van der Waals surface area (Å²) in [6.45, 7) is -0.224. The largest absolute Gasteiger partial charge is 0.497 e. The number of amides is 1. The number of nitrogens with one attached hydrogen (secondary N) is 1. The molecule has 7 nitrogen and oxygen atoms in total. The Balaban J connectivity index is 1.65. The Kier molecular flexibility index (Phi) is 5.51. The number of fused-ring (bicyclic) bond motifs is 1. The van der Waals surface area contributed by atoms with Crippen LogP contribution in [0.25, 0.3) is 0 Å². The lowest BCUT2D eigenvalue weighted by Gasteiger charge is -2.34. The Morgan fingerprint density at radius 3 is 2.42 bits per heavy atom. The van der Waals surface area contributed by atoms with E-state index in [1.165, 1.54) is 43.5 Å². The molecular formula is C22H19FN2O5S. The monoisotopic (exact) mass is 442 g/mol. The van der Waals surface area contributed by atoms with Crippen LogP contribution in [0.3, 0.4) is 0 Å². The molecule has 1 aliphatic heterocycles. The number of ether oxygens (including phenoxy) is 2. The van der Waals surface area contributed by atoms with Gasteiger partial charge in [-0.3, -0.25) is 9.10 Å². The molecule has 3 aromatic rings. The molecule has 1 amide bonds. The average Bonchev–Trinajstić information content (AvgIpc) is 2.79.